The van der Waals surface area contributed by atoms with Crippen LogP contribution < -0.4 is 5.73 Å². The number of halogens is 1. The van der Waals surface area contributed by atoms with Crippen LogP contribution in [0.1, 0.15) is 41.4 Å². The average molecular weight is 315 g/mol. The number of benzene rings is 2. The van der Waals surface area contributed by atoms with Crippen LogP contribution in [0.4, 0.5) is 5.69 Å². The average Bonchev–Trinajstić information content (AvgIpc) is 2.89. The van der Waals surface area contributed by atoms with E-state index in [1.807, 2.05) is 12.1 Å². The lowest BCUT2D eigenvalue weighted by Crippen LogP contribution is -2.34. The Labute approximate surface area is 138 Å². The van der Waals surface area contributed by atoms with E-state index in [1.54, 1.807) is 5.56 Å². The largest absolute Gasteiger partial charge is 0.399 e. The number of likely N-dealkylation sites (tertiary alicyclic amines) is 1. The second-order valence-corrected chi connectivity index (χ2v) is 6.53. The minimum absolute atomic E-state index is 0. The van der Waals surface area contributed by atoms with Gasteiger partial charge in [-0.15, -0.1) is 12.4 Å². The third kappa shape index (κ3) is 2.41. The summed E-state index contributed by atoms with van der Waals surface area (Å²) in [4.78, 5) is 2.55. The molecule has 116 valence electrons. The van der Waals surface area contributed by atoms with Crippen molar-refractivity contribution in [1.82, 2.24) is 4.90 Å². The van der Waals surface area contributed by atoms with Gasteiger partial charge in [0.1, 0.15) is 0 Å². The van der Waals surface area contributed by atoms with E-state index in [2.05, 4.69) is 48.3 Å². The first-order valence-corrected chi connectivity index (χ1v) is 7.88. The Morgan fingerprint density at radius 1 is 1.00 bits per heavy atom. The van der Waals surface area contributed by atoms with Gasteiger partial charge in [0.25, 0.3) is 0 Å². The van der Waals surface area contributed by atoms with Gasteiger partial charge in [-0.1, -0.05) is 36.4 Å². The van der Waals surface area contributed by atoms with Crippen LogP contribution in [0.3, 0.4) is 0 Å². The van der Waals surface area contributed by atoms with E-state index in [9.17, 15) is 0 Å². The Morgan fingerprint density at radius 3 is 2.41 bits per heavy atom. The van der Waals surface area contributed by atoms with Crippen LogP contribution in [0.25, 0.3) is 0 Å². The van der Waals surface area contributed by atoms with Crippen molar-refractivity contribution in [3.63, 3.8) is 0 Å². The second kappa shape index (κ2) is 5.94. The van der Waals surface area contributed by atoms with Crippen molar-refractivity contribution in [3.05, 3.63) is 65.2 Å². The molecule has 22 heavy (non-hydrogen) atoms. The molecule has 1 heterocycles. The second-order valence-electron chi connectivity index (χ2n) is 6.53. The van der Waals surface area contributed by atoms with Crippen molar-refractivity contribution < 1.29 is 0 Å². The van der Waals surface area contributed by atoms with Crippen molar-refractivity contribution in [1.29, 1.82) is 0 Å². The summed E-state index contributed by atoms with van der Waals surface area (Å²) in [5.41, 5.74) is 11.2. The van der Waals surface area contributed by atoms with Crippen LogP contribution in [0, 0.1) is 0 Å². The summed E-state index contributed by atoms with van der Waals surface area (Å²) in [6.07, 6.45) is 2.52. The Balaban J connectivity index is 0.00000144. The number of anilines is 1. The van der Waals surface area contributed by atoms with Gasteiger partial charge in [0.2, 0.25) is 0 Å². The van der Waals surface area contributed by atoms with Gasteiger partial charge in [-0.3, -0.25) is 0 Å². The van der Waals surface area contributed by atoms with E-state index in [4.69, 9.17) is 5.73 Å². The molecule has 2 aromatic carbocycles. The molecule has 0 radical (unpaired) electrons. The summed E-state index contributed by atoms with van der Waals surface area (Å²) >= 11 is 0. The summed E-state index contributed by atoms with van der Waals surface area (Å²) in [7, 11) is 2.28. The third-order valence-electron chi connectivity index (χ3n) is 5.41. The molecule has 3 heteroatoms. The Bertz CT molecular complexity index is 653. The molecule has 4 rings (SSSR count). The molecule has 1 saturated heterocycles. The highest BCUT2D eigenvalue weighted by Crippen LogP contribution is 2.47. The molecule has 2 aromatic rings. The highest BCUT2D eigenvalue weighted by Gasteiger charge is 2.40. The van der Waals surface area contributed by atoms with Gasteiger partial charge in [-0.05, 0) is 55.3 Å². The monoisotopic (exact) mass is 314 g/mol. The molecule has 3 atom stereocenters. The number of nitrogens with two attached hydrogens (primary N) is 1. The van der Waals surface area contributed by atoms with Gasteiger partial charge in [0.05, 0.1) is 0 Å². The van der Waals surface area contributed by atoms with E-state index in [0.29, 0.717) is 12.0 Å². The summed E-state index contributed by atoms with van der Waals surface area (Å²) in [5.74, 6) is 1.22. The first-order valence-electron chi connectivity index (χ1n) is 7.88. The molecular formula is C19H23ClN2. The van der Waals surface area contributed by atoms with Crippen LogP contribution in [0.15, 0.2) is 48.5 Å². The van der Waals surface area contributed by atoms with Gasteiger partial charge in [-0.2, -0.15) is 0 Å². The van der Waals surface area contributed by atoms with E-state index in [-0.39, 0.29) is 12.4 Å². The van der Waals surface area contributed by atoms with Crippen molar-refractivity contribution in [2.24, 2.45) is 0 Å². The van der Waals surface area contributed by atoms with Crippen molar-refractivity contribution in [2.75, 3.05) is 19.3 Å². The molecule has 0 spiro atoms. The topological polar surface area (TPSA) is 29.3 Å². The third-order valence-corrected chi connectivity index (χ3v) is 5.41. The van der Waals surface area contributed by atoms with Gasteiger partial charge in [0.15, 0.2) is 0 Å². The minimum atomic E-state index is 0. The van der Waals surface area contributed by atoms with Crippen molar-refractivity contribution in [3.8, 4) is 0 Å². The molecule has 0 amide bonds. The normalized spacial score (nSPS) is 26.9. The van der Waals surface area contributed by atoms with Gasteiger partial charge < -0.3 is 10.6 Å². The van der Waals surface area contributed by atoms with E-state index in [1.165, 1.54) is 30.5 Å². The lowest BCUT2D eigenvalue weighted by atomic mass is 9.71. The first-order chi connectivity index (χ1) is 10.2. The number of hydrogen-bond donors (Lipinski definition) is 1. The van der Waals surface area contributed by atoms with E-state index < -0.39 is 0 Å². The van der Waals surface area contributed by atoms with Crippen LogP contribution >= 0.6 is 12.4 Å². The maximum atomic E-state index is 5.85. The minimum Gasteiger partial charge on any atom is -0.399 e. The highest BCUT2D eigenvalue weighted by molar-refractivity contribution is 5.85. The molecule has 0 aromatic heterocycles. The first kappa shape index (κ1) is 15.4. The summed E-state index contributed by atoms with van der Waals surface area (Å²) in [6.45, 7) is 1.22. The molecule has 0 bridgehead atoms. The van der Waals surface area contributed by atoms with E-state index >= 15 is 0 Å². The van der Waals surface area contributed by atoms with Gasteiger partial charge >= 0.3 is 0 Å². The molecule has 1 aliphatic heterocycles. The fourth-order valence-corrected chi connectivity index (χ4v) is 4.29. The number of nitrogens with zero attached hydrogens (tertiary/aromatic N) is 1. The molecule has 2 aliphatic rings. The number of hydrogen-bond acceptors (Lipinski definition) is 2. The maximum absolute atomic E-state index is 5.85. The quantitative estimate of drug-likeness (QED) is 0.806. The summed E-state index contributed by atoms with van der Waals surface area (Å²) in [5, 5.41) is 0. The number of fused-ring (bicyclic) bond motifs is 3. The van der Waals surface area contributed by atoms with Crippen molar-refractivity contribution >= 4 is 18.1 Å². The standard InChI is InChI=1S/C19H22N2.ClH/c1-21-11-10-17-15-4-2-3-5-16(15)18(12-19(17)21)13-6-8-14(20)9-7-13;/h2-9,17-19H,10-12,20H2,1H3;1H/t17?,18?,19-;/m0./s1. The lowest BCUT2D eigenvalue weighted by Gasteiger charge is -2.37. The molecule has 1 fully saturated rings. The number of rotatable bonds is 1. The maximum Gasteiger partial charge on any atom is 0.0314 e. The fraction of sp³-hybridized carbons (Fsp3) is 0.368. The zero-order valence-corrected chi connectivity index (χ0v) is 13.7. The lowest BCUT2D eigenvalue weighted by molar-refractivity contribution is 0.265. The predicted octanol–water partition coefficient (Wildman–Crippen LogP) is 4.01. The Hall–Kier alpha value is -1.51. The van der Waals surface area contributed by atoms with Crippen molar-refractivity contribution in [2.45, 2.75) is 30.7 Å². The highest BCUT2D eigenvalue weighted by atomic mass is 35.5. The Morgan fingerprint density at radius 2 is 1.68 bits per heavy atom. The molecular weight excluding hydrogens is 292 g/mol. The van der Waals surface area contributed by atoms with Gasteiger partial charge in [0, 0.05) is 23.6 Å². The molecule has 1 aliphatic carbocycles. The van der Waals surface area contributed by atoms with Crippen LogP contribution in [0.5, 0.6) is 0 Å². The zero-order valence-electron chi connectivity index (χ0n) is 12.9. The summed E-state index contributed by atoms with van der Waals surface area (Å²) in [6, 6.07) is 18.2. The zero-order chi connectivity index (χ0) is 14.4. The number of nitrogen functional groups attached to an aromatic ring is 1. The van der Waals surface area contributed by atoms with E-state index in [0.717, 1.165) is 11.6 Å². The predicted molar refractivity (Wildman–Crippen MR) is 94.8 cm³/mol. The Kier molecular flexibility index (Phi) is 4.16. The molecule has 2 N–H and O–H groups in total. The van der Waals surface area contributed by atoms with Crippen LogP contribution in [-0.2, 0) is 0 Å². The van der Waals surface area contributed by atoms with Gasteiger partial charge in [-0.25, -0.2) is 0 Å². The molecule has 2 unspecified atom stereocenters. The fourth-order valence-electron chi connectivity index (χ4n) is 4.29. The van der Waals surface area contributed by atoms with Crippen LogP contribution in [-0.4, -0.2) is 24.5 Å². The summed E-state index contributed by atoms with van der Waals surface area (Å²) < 4.78 is 0. The number of likely N-dealkylation sites (N-methyl/N-ethyl adjacent to an activating group) is 1. The molecule has 2 nitrogen and oxygen atoms in total. The van der Waals surface area contributed by atoms with Crippen LogP contribution in [0.2, 0.25) is 0 Å². The SMILES string of the molecule is CN1CCC2c3ccccc3C(c3ccc(N)cc3)C[C@@H]21.Cl. The smallest absolute Gasteiger partial charge is 0.0314 e. The molecule has 0 saturated carbocycles.